The van der Waals surface area contributed by atoms with E-state index in [2.05, 4.69) is 20.7 Å². The zero-order valence-electron chi connectivity index (χ0n) is 17.1. The minimum Gasteiger partial charge on any atom is -0.345 e. The van der Waals surface area contributed by atoms with Crippen molar-refractivity contribution in [3.05, 3.63) is 36.4 Å². The van der Waals surface area contributed by atoms with Crippen LogP contribution < -0.4 is 20.7 Å². The van der Waals surface area contributed by atoms with Gasteiger partial charge in [0.25, 0.3) is 20.2 Å². The van der Waals surface area contributed by atoms with E-state index in [0.29, 0.717) is 13.1 Å². The molecule has 174 valence electrons. The fourth-order valence-corrected chi connectivity index (χ4v) is 7.30. The Morgan fingerprint density at radius 1 is 0.781 bits per heavy atom. The molecule has 32 heavy (non-hydrogen) atoms. The van der Waals surface area contributed by atoms with Gasteiger partial charge in [-0.25, -0.2) is 10.9 Å². The fourth-order valence-electron chi connectivity index (χ4n) is 3.62. The first kappa shape index (κ1) is 23.6. The Hall–Kier alpha value is -1.52. The van der Waals surface area contributed by atoms with Crippen molar-refractivity contribution in [1.82, 2.24) is 10.9 Å². The molecule has 4 rings (SSSR count). The highest BCUT2D eigenvalue weighted by atomic mass is 32.2. The zero-order valence-corrected chi connectivity index (χ0v) is 20.4. The van der Waals surface area contributed by atoms with E-state index in [4.69, 9.17) is 0 Å². The second-order valence-electron chi connectivity index (χ2n) is 7.01. The molecule has 2 unspecified atom stereocenters. The monoisotopic (exact) mass is 518 g/mol. The van der Waals surface area contributed by atoms with Gasteiger partial charge in [-0.2, -0.15) is 16.8 Å². The Labute approximate surface area is 195 Å². The van der Waals surface area contributed by atoms with Gasteiger partial charge in [-0.05, 0) is 50.2 Å². The molecule has 2 aliphatic heterocycles. The van der Waals surface area contributed by atoms with Gasteiger partial charge in [0.1, 0.15) is 11.0 Å². The topological polar surface area (TPSA) is 139 Å². The van der Waals surface area contributed by atoms with Crippen molar-refractivity contribution in [3.8, 4) is 0 Å². The van der Waals surface area contributed by atoms with E-state index in [0.717, 1.165) is 21.2 Å². The number of hydrogen-bond donors (Lipinski definition) is 4. The van der Waals surface area contributed by atoms with Crippen molar-refractivity contribution in [1.29, 1.82) is 0 Å². The van der Waals surface area contributed by atoms with Gasteiger partial charge in [0.15, 0.2) is 0 Å². The van der Waals surface area contributed by atoms with Crippen LogP contribution in [0.2, 0.25) is 0 Å². The van der Waals surface area contributed by atoms with Crippen LogP contribution in [0.1, 0.15) is 13.8 Å². The highest BCUT2D eigenvalue weighted by molar-refractivity contribution is 8.00. The smallest absolute Gasteiger partial charge is 0.294 e. The third kappa shape index (κ3) is 4.46. The molecule has 14 heteroatoms. The van der Waals surface area contributed by atoms with Crippen LogP contribution in [-0.2, 0) is 20.2 Å². The fraction of sp³-hybridized carbons (Fsp3) is 0.333. The molecule has 0 saturated heterocycles. The normalized spacial score (nSPS) is 20.5. The van der Waals surface area contributed by atoms with Gasteiger partial charge >= 0.3 is 0 Å². The van der Waals surface area contributed by atoms with E-state index in [1.807, 2.05) is 13.8 Å². The highest BCUT2D eigenvalue weighted by Crippen LogP contribution is 2.45. The summed E-state index contributed by atoms with van der Waals surface area (Å²) in [6.07, 6.45) is 0. The maximum Gasteiger partial charge on any atom is 0.294 e. The van der Waals surface area contributed by atoms with E-state index >= 15 is 0 Å². The zero-order chi connectivity index (χ0) is 23.3. The lowest BCUT2D eigenvalue weighted by molar-refractivity contribution is 0.478. The van der Waals surface area contributed by atoms with Gasteiger partial charge in [0, 0.05) is 22.9 Å². The summed E-state index contributed by atoms with van der Waals surface area (Å²) in [6.45, 7) is 5.29. The summed E-state index contributed by atoms with van der Waals surface area (Å²) >= 11 is 2.84. The number of anilines is 2. The number of rotatable bonds is 7. The maximum absolute atomic E-state index is 11.5. The van der Waals surface area contributed by atoms with Crippen LogP contribution in [0.5, 0.6) is 0 Å². The maximum atomic E-state index is 11.5. The van der Waals surface area contributed by atoms with E-state index < -0.39 is 20.2 Å². The van der Waals surface area contributed by atoms with Gasteiger partial charge in [-0.1, -0.05) is 23.5 Å². The van der Waals surface area contributed by atoms with Crippen molar-refractivity contribution in [2.75, 3.05) is 22.9 Å². The summed E-state index contributed by atoms with van der Waals surface area (Å²) in [5.41, 5.74) is 7.79. The predicted octanol–water partition coefficient (Wildman–Crippen LogP) is 2.41. The van der Waals surface area contributed by atoms with Crippen molar-refractivity contribution in [2.24, 2.45) is 0 Å². The summed E-state index contributed by atoms with van der Waals surface area (Å²) in [4.78, 5) is 5.27. The molecule has 2 atom stereocenters. The third-order valence-electron chi connectivity index (χ3n) is 5.13. The van der Waals surface area contributed by atoms with Gasteiger partial charge in [-0.3, -0.25) is 9.11 Å². The number of hydrogen-bond acceptors (Lipinski definition) is 10. The third-order valence-corrected chi connectivity index (χ3v) is 9.18. The molecule has 0 spiro atoms. The van der Waals surface area contributed by atoms with Crippen LogP contribution in [0.4, 0.5) is 11.4 Å². The minimum atomic E-state index is -4.29. The number of hydrazine groups is 1. The molecular formula is C18H22N4O6S4. The lowest BCUT2D eigenvalue weighted by Crippen LogP contribution is -2.54. The average molecular weight is 519 g/mol. The number of fused-ring (bicyclic) bond motifs is 2. The minimum absolute atomic E-state index is 0.151. The molecule has 2 aromatic carbocycles. The first-order valence-electron chi connectivity index (χ1n) is 9.63. The Kier molecular flexibility index (Phi) is 6.41. The van der Waals surface area contributed by atoms with E-state index in [1.165, 1.54) is 47.8 Å². The summed E-state index contributed by atoms with van der Waals surface area (Å²) in [5, 5.41) is 0. The molecule has 4 N–H and O–H groups in total. The molecule has 2 heterocycles. The molecule has 0 saturated carbocycles. The van der Waals surface area contributed by atoms with Gasteiger partial charge < -0.3 is 9.80 Å². The first-order chi connectivity index (χ1) is 15.0. The van der Waals surface area contributed by atoms with Crippen LogP contribution in [0.15, 0.2) is 56.0 Å². The van der Waals surface area contributed by atoms with Crippen LogP contribution in [0.25, 0.3) is 0 Å². The summed E-state index contributed by atoms with van der Waals surface area (Å²) < 4.78 is 64.5. The number of nitrogens with one attached hydrogen (secondary N) is 2. The van der Waals surface area contributed by atoms with Gasteiger partial charge in [-0.15, -0.1) is 0 Å². The summed E-state index contributed by atoms with van der Waals surface area (Å²) in [5.74, 6) is 0. The van der Waals surface area contributed by atoms with Crippen LogP contribution in [-0.4, -0.2) is 50.0 Å². The summed E-state index contributed by atoms with van der Waals surface area (Å²) in [6, 6.07) is 9.01. The number of nitrogens with zero attached hydrogens (tertiary/aromatic N) is 2. The van der Waals surface area contributed by atoms with Crippen molar-refractivity contribution < 1.29 is 25.9 Å². The van der Waals surface area contributed by atoms with Crippen LogP contribution in [0, 0.1) is 0 Å². The van der Waals surface area contributed by atoms with E-state index in [-0.39, 0.29) is 20.8 Å². The van der Waals surface area contributed by atoms with Crippen molar-refractivity contribution >= 4 is 55.1 Å². The number of benzene rings is 2. The van der Waals surface area contributed by atoms with Gasteiger partial charge in [0.05, 0.1) is 21.2 Å². The quantitative estimate of drug-likeness (QED) is 0.316. The molecule has 2 aromatic rings. The average Bonchev–Trinajstić information content (AvgIpc) is 3.26. The Balaban J connectivity index is 1.50. The molecule has 0 amide bonds. The van der Waals surface area contributed by atoms with Crippen LogP contribution >= 0.6 is 23.5 Å². The van der Waals surface area contributed by atoms with Crippen LogP contribution in [0.3, 0.4) is 0 Å². The molecule has 10 nitrogen and oxygen atoms in total. The SMILES string of the molecule is CCN1c2ccc(S(=O)(=O)O)cc2SC1NNC1Sc2cc(S(=O)(=O)O)ccc2N1CC. The molecule has 0 aliphatic carbocycles. The molecule has 0 bridgehead atoms. The lowest BCUT2D eigenvalue weighted by Gasteiger charge is -2.30. The highest BCUT2D eigenvalue weighted by Gasteiger charge is 2.34. The van der Waals surface area contributed by atoms with E-state index in [9.17, 15) is 25.9 Å². The second-order valence-corrected chi connectivity index (χ2v) is 12.1. The molecular weight excluding hydrogens is 496 g/mol. The first-order valence-corrected chi connectivity index (χ1v) is 14.3. The predicted molar refractivity (Wildman–Crippen MR) is 124 cm³/mol. The molecule has 2 aliphatic rings. The molecule has 0 aromatic heterocycles. The second kappa shape index (κ2) is 8.68. The lowest BCUT2D eigenvalue weighted by atomic mass is 10.3. The standard InChI is InChI=1S/C18H22N4O6S4/c1-3-21-13-7-5-11(31(23,24)25)9-15(13)29-17(21)19-20-18-22(4-2)14-8-6-12(32(26,27)28)10-16(14)30-18/h5-10,17-20H,3-4H2,1-2H3,(H,23,24,25)(H,26,27,28). The van der Waals surface area contributed by atoms with E-state index in [1.54, 1.807) is 12.1 Å². The number of thioether (sulfide) groups is 2. The Bertz CT molecular complexity index is 1160. The largest absolute Gasteiger partial charge is 0.345 e. The summed E-state index contributed by atoms with van der Waals surface area (Å²) in [7, 11) is -8.57. The van der Waals surface area contributed by atoms with Crippen molar-refractivity contribution in [2.45, 2.75) is 44.4 Å². The van der Waals surface area contributed by atoms with Gasteiger partial charge in [0.2, 0.25) is 0 Å². The molecule has 0 radical (unpaired) electrons. The Morgan fingerprint density at radius 2 is 1.16 bits per heavy atom. The Morgan fingerprint density at radius 3 is 1.47 bits per heavy atom. The van der Waals surface area contributed by atoms with Crippen molar-refractivity contribution in [3.63, 3.8) is 0 Å². The molecule has 0 fully saturated rings.